The van der Waals surface area contributed by atoms with Crippen LogP contribution in [0.4, 0.5) is 4.39 Å². The smallest absolute Gasteiger partial charge is 0.256 e. The van der Waals surface area contributed by atoms with Gasteiger partial charge in [0.2, 0.25) is 0 Å². The second kappa shape index (κ2) is 9.70. The third-order valence-electron chi connectivity index (χ3n) is 5.05. The lowest BCUT2D eigenvalue weighted by Gasteiger charge is -2.35. The van der Waals surface area contributed by atoms with Crippen LogP contribution in [0.15, 0.2) is 52.1 Å². The van der Waals surface area contributed by atoms with Crippen LogP contribution in [0.2, 0.25) is 5.02 Å². The zero-order valence-electron chi connectivity index (χ0n) is 17.3. The van der Waals surface area contributed by atoms with Crippen LogP contribution in [0.25, 0.3) is 0 Å². The van der Waals surface area contributed by atoms with Crippen molar-refractivity contribution in [3.05, 3.63) is 76.0 Å². The molecule has 10 heteroatoms. The Hall–Kier alpha value is -2.91. The predicted molar refractivity (Wildman–Crippen MR) is 118 cm³/mol. The van der Waals surface area contributed by atoms with Crippen LogP contribution in [-0.4, -0.2) is 57.9 Å². The summed E-state index contributed by atoms with van der Waals surface area (Å²) in [5.41, 5.74) is 1.55. The van der Waals surface area contributed by atoms with Crippen LogP contribution in [-0.2, 0) is 5.75 Å². The molecule has 0 saturated carbocycles. The predicted octanol–water partition coefficient (Wildman–Crippen LogP) is 4.06. The molecule has 166 valence electrons. The minimum Gasteiger partial charge on any atom is -0.361 e. The van der Waals surface area contributed by atoms with Crippen LogP contribution < -0.4 is 0 Å². The first-order valence-corrected chi connectivity index (χ1v) is 11.3. The Morgan fingerprint density at radius 1 is 1.09 bits per heavy atom. The Morgan fingerprint density at radius 2 is 1.78 bits per heavy atom. The lowest BCUT2D eigenvalue weighted by Crippen LogP contribution is -2.50. The maximum atomic E-state index is 13.3. The van der Waals surface area contributed by atoms with Crippen LogP contribution >= 0.6 is 23.4 Å². The average molecular weight is 475 g/mol. The maximum Gasteiger partial charge on any atom is 0.256 e. The SMILES string of the molecule is Cc1cc(CSc2ncccc2C(=O)N2CCN(C(=O)c3ccc(F)cc3Cl)CC2)no1. The number of carbonyl (C=O) groups is 2. The van der Waals surface area contributed by atoms with Gasteiger partial charge < -0.3 is 14.3 Å². The molecule has 1 fully saturated rings. The van der Waals surface area contributed by atoms with Gasteiger partial charge in [-0.05, 0) is 37.3 Å². The number of aryl methyl sites for hydroxylation is 1. The number of benzene rings is 1. The summed E-state index contributed by atoms with van der Waals surface area (Å²) in [5, 5.41) is 4.67. The number of aromatic nitrogens is 2. The van der Waals surface area contributed by atoms with E-state index in [1.165, 1.54) is 23.9 Å². The molecule has 1 aliphatic rings. The quantitative estimate of drug-likeness (QED) is 0.519. The number of hydrogen-bond donors (Lipinski definition) is 0. The van der Waals surface area contributed by atoms with Crippen molar-refractivity contribution in [2.75, 3.05) is 26.2 Å². The molecule has 1 aliphatic heterocycles. The first-order chi connectivity index (χ1) is 15.4. The standard InChI is InChI=1S/C22H20ClFN4O3S/c1-14-11-16(26-31-14)13-32-20-18(3-2-6-25-20)22(30)28-9-7-27(8-10-28)21(29)17-5-4-15(24)12-19(17)23/h2-6,11-12H,7-10,13H2,1H3. The largest absolute Gasteiger partial charge is 0.361 e. The highest BCUT2D eigenvalue weighted by atomic mass is 35.5. The first-order valence-electron chi connectivity index (χ1n) is 9.96. The van der Waals surface area contributed by atoms with Crippen molar-refractivity contribution in [3.63, 3.8) is 0 Å². The van der Waals surface area contributed by atoms with Gasteiger partial charge >= 0.3 is 0 Å². The lowest BCUT2D eigenvalue weighted by atomic mass is 10.1. The van der Waals surface area contributed by atoms with Crippen LogP contribution in [0.3, 0.4) is 0 Å². The molecule has 3 heterocycles. The molecular formula is C22H20ClFN4O3S. The first kappa shape index (κ1) is 22.3. The molecule has 3 aromatic rings. The number of amides is 2. The Morgan fingerprint density at radius 3 is 2.41 bits per heavy atom. The minimum absolute atomic E-state index is 0.0767. The summed E-state index contributed by atoms with van der Waals surface area (Å²) < 4.78 is 18.4. The van der Waals surface area contributed by atoms with Gasteiger partial charge in [-0.3, -0.25) is 9.59 Å². The van der Waals surface area contributed by atoms with E-state index in [2.05, 4.69) is 10.1 Å². The zero-order valence-corrected chi connectivity index (χ0v) is 18.8. The second-order valence-corrected chi connectivity index (χ2v) is 8.65. The van der Waals surface area contributed by atoms with Crippen molar-refractivity contribution in [2.24, 2.45) is 0 Å². The molecule has 2 aromatic heterocycles. The zero-order chi connectivity index (χ0) is 22.7. The van der Waals surface area contributed by atoms with E-state index in [0.29, 0.717) is 42.5 Å². The van der Waals surface area contributed by atoms with Gasteiger partial charge in [-0.2, -0.15) is 0 Å². The highest BCUT2D eigenvalue weighted by Crippen LogP contribution is 2.26. The molecule has 0 radical (unpaired) electrons. The molecule has 2 amide bonds. The topological polar surface area (TPSA) is 79.5 Å². The number of thioether (sulfide) groups is 1. The molecule has 0 N–H and O–H groups in total. The second-order valence-electron chi connectivity index (χ2n) is 7.28. The molecule has 0 bridgehead atoms. The Bertz CT molecular complexity index is 1150. The van der Waals surface area contributed by atoms with E-state index in [4.69, 9.17) is 16.1 Å². The highest BCUT2D eigenvalue weighted by Gasteiger charge is 2.28. The molecule has 7 nitrogen and oxygen atoms in total. The molecule has 4 rings (SSSR count). The monoisotopic (exact) mass is 474 g/mol. The average Bonchev–Trinajstić information content (AvgIpc) is 3.22. The third kappa shape index (κ3) is 4.94. The van der Waals surface area contributed by atoms with Crippen molar-refractivity contribution in [1.82, 2.24) is 19.9 Å². The molecule has 1 aromatic carbocycles. The lowest BCUT2D eigenvalue weighted by molar-refractivity contribution is 0.0533. The molecule has 1 saturated heterocycles. The number of piperazine rings is 1. The number of nitrogens with zero attached hydrogens (tertiary/aromatic N) is 4. The van der Waals surface area contributed by atoms with Crippen molar-refractivity contribution in [2.45, 2.75) is 17.7 Å². The Labute approximate surface area is 193 Å². The summed E-state index contributed by atoms with van der Waals surface area (Å²) in [6, 6.07) is 9.04. The van der Waals surface area contributed by atoms with Gasteiger partial charge in [-0.1, -0.05) is 28.5 Å². The molecule has 0 atom stereocenters. The summed E-state index contributed by atoms with van der Waals surface area (Å²) >= 11 is 7.44. The van der Waals surface area contributed by atoms with Crippen molar-refractivity contribution < 1.29 is 18.5 Å². The summed E-state index contributed by atoms with van der Waals surface area (Å²) in [4.78, 5) is 33.6. The Kier molecular flexibility index (Phi) is 6.76. The molecular weight excluding hydrogens is 455 g/mol. The fourth-order valence-electron chi connectivity index (χ4n) is 3.41. The van der Waals surface area contributed by atoms with E-state index in [9.17, 15) is 14.0 Å². The van der Waals surface area contributed by atoms with Gasteiger partial charge in [-0.25, -0.2) is 9.37 Å². The van der Waals surface area contributed by atoms with Crippen LogP contribution in [0.1, 0.15) is 32.2 Å². The van der Waals surface area contributed by atoms with E-state index in [1.54, 1.807) is 28.1 Å². The van der Waals surface area contributed by atoms with Crippen molar-refractivity contribution in [3.8, 4) is 0 Å². The number of carbonyl (C=O) groups excluding carboxylic acids is 2. The van der Waals surface area contributed by atoms with Crippen LogP contribution in [0, 0.1) is 12.7 Å². The van der Waals surface area contributed by atoms with E-state index in [1.807, 2.05) is 13.0 Å². The number of halogens is 2. The van der Waals surface area contributed by atoms with E-state index >= 15 is 0 Å². The van der Waals surface area contributed by atoms with E-state index < -0.39 is 5.82 Å². The van der Waals surface area contributed by atoms with Crippen molar-refractivity contribution >= 4 is 35.2 Å². The molecule has 0 spiro atoms. The van der Waals surface area contributed by atoms with Gasteiger partial charge in [0.25, 0.3) is 11.8 Å². The van der Waals surface area contributed by atoms with Gasteiger partial charge in [0.05, 0.1) is 21.8 Å². The molecule has 0 aliphatic carbocycles. The van der Waals surface area contributed by atoms with Crippen LogP contribution in [0.5, 0.6) is 0 Å². The number of rotatable bonds is 5. The van der Waals surface area contributed by atoms with Crippen molar-refractivity contribution in [1.29, 1.82) is 0 Å². The van der Waals surface area contributed by atoms with Gasteiger partial charge in [0, 0.05) is 44.2 Å². The summed E-state index contributed by atoms with van der Waals surface area (Å²) in [6.07, 6.45) is 1.65. The van der Waals surface area contributed by atoms with Gasteiger partial charge in [0.1, 0.15) is 16.6 Å². The van der Waals surface area contributed by atoms with E-state index in [-0.39, 0.29) is 22.4 Å². The summed E-state index contributed by atoms with van der Waals surface area (Å²) in [7, 11) is 0. The molecule has 32 heavy (non-hydrogen) atoms. The fraction of sp³-hybridized carbons (Fsp3) is 0.273. The number of pyridine rings is 1. The summed E-state index contributed by atoms with van der Waals surface area (Å²) in [6.45, 7) is 3.31. The Balaban J connectivity index is 1.40. The normalized spacial score (nSPS) is 14.0. The molecule has 0 unspecified atom stereocenters. The highest BCUT2D eigenvalue weighted by molar-refractivity contribution is 7.98. The fourth-order valence-corrected chi connectivity index (χ4v) is 4.53. The number of hydrogen-bond acceptors (Lipinski definition) is 6. The maximum absolute atomic E-state index is 13.3. The van der Waals surface area contributed by atoms with E-state index in [0.717, 1.165) is 17.5 Å². The van der Waals surface area contributed by atoms with Gasteiger partial charge in [-0.15, -0.1) is 0 Å². The van der Waals surface area contributed by atoms with Gasteiger partial charge in [0.15, 0.2) is 0 Å². The minimum atomic E-state index is -0.495. The third-order valence-corrected chi connectivity index (χ3v) is 6.40. The summed E-state index contributed by atoms with van der Waals surface area (Å²) in [5.74, 6) is 0.361.